The molecule has 0 saturated carbocycles. The molecule has 16 heavy (non-hydrogen) atoms. The van der Waals surface area contributed by atoms with Gasteiger partial charge in [-0.05, 0) is 27.7 Å². The summed E-state index contributed by atoms with van der Waals surface area (Å²) in [6, 6.07) is 0. The van der Waals surface area contributed by atoms with Crippen LogP contribution in [-0.4, -0.2) is 29.4 Å². The molecule has 0 spiro atoms. The van der Waals surface area contributed by atoms with Crippen LogP contribution in [0, 0.1) is 0 Å². The Kier molecular flexibility index (Phi) is 5.14. The molecular formula is C11H18O5. The maximum atomic E-state index is 11.6. The predicted octanol–water partition coefficient (Wildman–Crippen LogP) is 1.24. The van der Waals surface area contributed by atoms with Crippen molar-refractivity contribution in [3.63, 3.8) is 0 Å². The van der Waals surface area contributed by atoms with E-state index >= 15 is 0 Å². The summed E-state index contributed by atoms with van der Waals surface area (Å²) in [7, 11) is 0. The van der Waals surface area contributed by atoms with Crippen molar-refractivity contribution in [2.75, 3.05) is 0 Å². The fourth-order valence-corrected chi connectivity index (χ4v) is 1.00. The number of hydrogen-bond donors (Lipinski definition) is 0. The Morgan fingerprint density at radius 1 is 1.12 bits per heavy atom. The van der Waals surface area contributed by atoms with Crippen molar-refractivity contribution >= 4 is 17.7 Å². The van der Waals surface area contributed by atoms with Crippen LogP contribution < -0.4 is 0 Å². The number of carbonyl (C=O) groups is 3. The Morgan fingerprint density at radius 3 is 1.94 bits per heavy atom. The molecule has 0 heterocycles. The Morgan fingerprint density at radius 2 is 1.62 bits per heavy atom. The number of Topliss-reactive ketones (excluding diaryl/α,β-unsaturated/α-hetero) is 1. The number of rotatable bonds is 4. The van der Waals surface area contributed by atoms with E-state index in [0.29, 0.717) is 0 Å². The van der Waals surface area contributed by atoms with Gasteiger partial charge in [0.05, 0.1) is 6.42 Å². The van der Waals surface area contributed by atoms with Crippen LogP contribution in [0.5, 0.6) is 0 Å². The molecule has 0 rings (SSSR count). The molecule has 5 nitrogen and oxygen atoms in total. The predicted molar refractivity (Wildman–Crippen MR) is 56.7 cm³/mol. The minimum Gasteiger partial charge on any atom is -0.457 e. The molecule has 5 heteroatoms. The summed E-state index contributed by atoms with van der Waals surface area (Å²) in [6.45, 7) is 7.59. The molecule has 0 aliphatic heterocycles. The number of ketones is 1. The average Bonchev–Trinajstić information content (AvgIpc) is 1.97. The zero-order chi connectivity index (χ0) is 12.9. The van der Waals surface area contributed by atoms with Gasteiger partial charge in [0, 0.05) is 6.92 Å². The summed E-state index contributed by atoms with van der Waals surface area (Å²) in [5.41, 5.74) is -0.674. The summed E-state index contributed by atoms with van der Waals surface area (Å²) in [5.74, 6) is -1.55. The number of carbonyl (C=O) groups excluding carboxylic acids is 3. The highest BCUT2D eigenvalue weighted by Crippen LogP contribution is 2.12. The zero-order valence-corrected chi connectivity index (χ0v) is 10.3. The number of esters is 2. The van der Waals surface area contributed by atoms with Crippen molar-refractivity contribution in [1.82, 2.24) is 0 Å². The molecule has 0 N–H and O–H groups in total. The summed E-state index contributed by atoms with van der Waals surface area (Å²) >= 11 is 0. The van der Waals surface area contributed by atoms with Gasteiger partial charge in [-0.25, -0.2) is 4.79 Å². The van der Waals surface area contributed by atoms with E-state index in [9.17, 15) is 14.4 Å². The highest BCUT2D eigenvalue weighted by molar-refractivity contribution is 5.86. The molecule has 1 atom stereocenters. The van der Waals surface area contributed by atoms with Gasteiger partial charge in [0.15, 0.2) is 0 Å². The smallest absolute Gasteiger partial charge is 0.348 e. The lowest BCUT2D eigenvalue weighted by Crippen LogP contribution is -2.35. The third kappa shape index (κ3) is 6.98. The lowest BCUT2D eigenvalue weighted by atomic mass is 10.1. The minimum atomic E-state index is -1.14. The minimum absolute atomic E-state index is 0.158. The highest BCUT2D eigenvalue weighted by atomic mass is 16.6. The summed E-state index contributed by atoms with van der Waals surface area (Å²) < 4.78 is 9.77. The van der Waals surface area contributed by atoms with Crippen LogP contribution in [0.4, 0.5) is 0 Å². The summed E-state index contributed by atoms with van der Waals surface area (Å²) in [4.78, 5) is 33.2. The van der Waals surface area contributed by atoms with E-state index in [1.165, 1.54) is 13.8 Å². The first kappa shape index (κ1) is 14.6. The largest absolute Gasteiger partial charge is 0.457 e. The summed E-state index contributed by atoms with van der Waals surface area (Å²) in [5, 5.41) is 0. The summed E-state index contributed by atoms with van der Waals surface area (Å²) in [6.07, 6.45) is -1.30. The maximum Gasteiger partial charge on any atom is 0.348 e. The van der Waals surface area contributed by atoms with E-state index in [1.807, 2.05) is 0 Å². The first-order chi connectivity index (χ1) is 7.11. The molecule has 0 amide bonds. The molecule has 0 saturated heterocycles. The topological polar surface area (TPSA) is 69.7 Å². The lowest BCUT2D eigenvalue weighted by molar-refractivity contribution is -0.175. The van der Waals surface area contributed by atoms with Crippen molar-refractivity contribution in [3.8, 4) is 0 Å². The molecule has 0 aliphatic rings. The standard InChI is InChI=1S/C11H18O5/c1-7(12)6-9(15-8(2)13)10(14)16-11(3,4)5/h9H,6H2,1-5H3/t9-/m0/s1. The second kappa shape index (κ2) is 5.63. The van der Waals surface area contributed by atoms with E-state index in [1.54, 1.807) is 20.8 Å². The molecule has 0 aromatic carbocycles. The van der Waals surface area contributed by atoms with Gasteiger partial charge >= 0.3 is 11.9 Å². The molecule has 0 unspecified atom stereocenters. The Balaban J connectivity index is 4.56. The SMILES string of the molecule is CC(=O)C[C@H](OC(C)=O)C(=O)OC(C)(C)C. The highest BCUT2D eigenvalue weighted by Gasteiger charge is 2.28. The van der Waals surface area contributed by atoms with Crippen molar-refractivity contribution in [2.45, 2.75) is 52.7 Å². The average molecular weight is 230 g/mol. The second-order valence-electron chi connectivity index (χ2n) is 4.54. The third-order valence-electron chi connectivity index (χ3n) is 1.45. The van der Waals surface area contributed by atoms with Crippen LogP contribution in [0.25, 0.3) is 0 Å². The molecule has 92 valence electrons. The van der Waals surface area contributed by atoms with E-state index in [-0.39, 0.29) is 12.2 Å². The van der Waals surface area contributed by atoms with Crippen LogP contribution in [-0.2, 0) is 23.9 Å². The number of hydrogen-bond acceptors (Lipinski definition) is 5. The number of ether oxygens (including phenoxy) is 2. The monoisotopic (exact) mass is 230 g/mol. The van der Waals surface area contributed by atoms with E-state index < -0.39 is 23.6 Å². The maximum absolute atomic E-state index is 11.6. The Labute approximate surface area is 95.1 Å². The lowest BCUT2D eigenvalue weighted by Gasteiger charge is -2.23. The van der Waals surface area contributed by atoms with Gasteiger partial charge in [-0.1, -0.05) is 0 Å². The van der Waals surface area contributed by atoms with Crippen molar-refractivity contribution in [2.24, 2.45) is 0 Å². The molecular weight excluding hydrogens is 212 g/mol. The zero-order valence-electron chi connectivity index (χ0n) is 10.3. The molecule has 0 aromatic rings. The quantitative estimate of drug-likeness (QED) is 0.679. The van der Waals surface area contributed by atoms with Gasteiger partial charge in [-0.15, -0.1) is 0 Å². The van der Waals surface area contributed by atoms with Crippen LogP contribution in [0.3, 0.4) is 0 Å². The Bertz CT molecular complexity index is 271. The fraction of sp³-hybridized carbons (Fsp3) is 0.727. The second-order valence-corrected chi connectivity index (χ2v) is 4.54. The Hall–Kier alpha value is -1.39. The van der Waals surface area contributed by atoms with Crippen LogP contribution >= 0.6 is 0 Å². The molecule has 0 aromatic heterocycles. The van der Waals surface area contributed by atoms with E-state index in [4.69, 9.17) is 9.47 Å². The van der Waals surface area contributed by atoms with Crippen LogP contribution in [0.15, 0.2) is 0 Å². The normalized spacial score (nSPS) is 12.8. The van der Waals surface area contributed by atoms with Gasteiger partial charge in [-0.3, -0.25) is 9.59 Å². The van der Waals surface area contributed by atoms with E-state index in [0.717, 1.165) is 0 Å². The molecule has 0 radical (unpaired) electrons. The third-order valence-corrected chi connectivity index (χ3v) is 1.45. The fourth-order valence-electron chi connectivity index (χ4n) is 1.00. The molecule has 0 bridgehead atoms. The van der Waals surface area contributed by atoms with Gasteiger partial charge in [0.1, 0.15) is 11.4 Å². The van der Waals surface area contributed by atoms with Crippen LogP contribution in [0.2, 0.25) is 0 Å². The van der Waals surface area contributed by atoms with Crippen molar-refractivity contribution in [3.05, 3.63) is 0 Å². The first-order valence-corrected chi connectivity index (χ1v) is 5.01. The first-order valence-electron chi connectivity index (χ1n) is 5.01. The van der Waals surface area contributed by atoms with Gasteiger partial charge in [0.2, 0.25) is 6.10 Å². The van der Waals surface area contributed by atoms with Gasteiger partial charge < -0.3 is 9.47 Å². The van der Waals surface area contributed by atoms with Crippen LogP contribution in [0.1, 0.15) is 41.0 Å². The van der Waals surface area contributed by atoms with Gasteiger partial charge in [0.25, 0.3) is 0 Å². The molecule has 0 fully saturated rings. The van der Waals surface area contributed by atoms with E-state index in [2.05, 4.69) is 0 Å². The molecule has 0 aliphatic carbocycles. The van der Waals surface area contributed by atoms with Gasteiger partial charge in [-0.2, -0.15) is 0 Å². The van der Waals surface area contributed by atoms with Crippen molar-refractivity contribution < 1.29 is 23.9 Å². The van der Waals surface area contributed by atoms with Crippen molar-refractivity contribution in [1.29, 1.82) is 0 Å².